The van der Waals surface area contributed by atoms with E-state index in [1.807, 2.05) is 0 Å². The van der Waals surface area contributed by atoms with Gasteiger partial charge in [-0.15, -0.1) is 11.3 Å². The summed E-state index contributed by atoms with van der Waals surface area (Å²) in [6.07, 6.45) is 0. The van der Waals surface area contributed by atoms with Gasteiger partial charge in [0.1, 0.15) is 9.09 Å². The van der Waals surface area contributed by atoms with Gasteiger partial charge in [0.25, 0.3) is 10.0 Å². The Morgan fingerprint density at radius 3 is 2.47 bits per heavy atom. The molecule has 0 bridgehead atoms. The number of aromatic carboxylic acids is 1. The van der Waals surface area contributed by atoms with Crippen molar-refractivity contribution in [2.45, 2.75) is 23.6 Å². The van der Waals surface area contributed by atoms with Gasteiger partial charge in [-0.3, -0.25) is 0 Å². The topological polar surface area (TPSA) is 104 Å². The smallest absolute Gasteiger partial charge is 0.345 e. The summed E-state index contributed by atoms with van der Waals surface area (Å²) in [5, 5.41) is 17.7. The van der Waals surface area contributed by atoms with Crippen LogP contribution < -0.4 is 4.72 Å². The molecule has 0 radical (unpaired) electrons. The van der Waals surface area contributed by atoms with E-state index in [2.05, 4.69) is 4.72 Å². The molecule has 0 aromatic carbocycles. The number of carbonyl (C=O) groups is 1. The third-order valence-electron chi connectivity index (χ3n) is 1.86. The highest BCUT2D eigenvalue weighted by Crippen LogP contribution is 2.22. The van der Waals surface area contributed by atoms with Gasteiger partial charge in [0.2, 0.25) is 0 Å². The highest BCUT2D eigenvalue weighted by molar-refractivity contribution is 7.91. The minimum atomic E-state index is -3.80. The predicted molar refractivity (Wildman–Crippen MR) is 62.8 cm³/mol. The van der Waals surface area contributed by atoms with Crippen LogP contribution in [-0.2, 0) is 10.0 Å². The molecule has 0 fully saturated rings. The molecule has 0 aliphatic carbocycles. The second-order valence-electron chi connectivity index (χ2n) is 4.07. The van der Waals surface area contributed by atoms with Crippen LogP contribution in [0.2, 0.25) is 0 Å². The number of hydrogen-bond acceptors (Lipinski definition) is 5. The first kappa shape index (κ1) is 14.1. The molecule has 1 rings (SSSR count). The van der Waals surface area contributed by atoms with Crippen molar-refractivity contribution in [3.05, 3.63) is 17.0 Å². The van der Waals surface area contributed by atoms with Gasteiger partial charge >= 0.3 is 5.97 Å². The minimum absolute atomic E-state index is 0.0489. The molecule has 0 aliphatic heterocycles. The first-order valence-corrected chi connectivity index (χ1v) is 6.96. The van der Waals surface area contributed by atoms with Gasteiger partial charge in [-0.2, -0.15) is 0 Å². The number of rotatable bonds is 5. The molecule has 0 aliphatic rings. The van der Waals surface area contributed by atoms with E-state index in [9.17, 15) is 13.2 Å². The molecule has 0 amide bonds. The number of aliphatic hydroxyl groups is 1. The quantitative estimate of drug-likeness (QED) is 0.728. The molecule has 1 heterocycles. The summed E-state index contributed by atoms with van der Waals surface area (Å²) in [5.41, 5.74) is -0.994. The van der Waals surface area contributed by atoms with Gasteiger partial charge in [-0.05, 0) is 26.0 Å². The number of nitrogens with one attached hydrogen (secondary N) is 1. The van der Waals surface area contributed by atoms with Crippen molar-refractivity contribution >= 4 is 27.3 Å². The Labute approximate surface area is 103 Å². The Kier molecular flexibility index (Phi) is 3.92. The van der Waals surface area contributed by atoms with Crippen molar-refractivity contribution in [2.24, 2.45) is 0 Å². The Morgan fingerprint density at radius 1 is 1.47 bits per heavy atom. The van der Waals surface area contributed by atoms with Gasteiger partial charge < -0.3 is 10.2 Å². The predicted octanol–water partition coefficient (Wildman–Crippen LogP) is 0.495. The average molecular weight is 279 g/mol. The van der Waals surface area contributed by atoms with Crippen molar-refractivity contribution in [2.75, 3.05) is 6.61 Å². The van der Waals surface area contributed by atoms with Crippen molar-refractivity contribution in [1.82, 2.24) is 4.72 Å². The SMILES string of the molecule is CC(C)(CO)NS(=O)(=O)c1ccc(C(=O)O)s1. The second-order valence-corrected chi connectivity index (χ2v) is 7.06. The van der Waals surface area contributed by atoms with Crippen molar-refractivity contribution in [3.63, 3.8) is 0 Å². The highest BCUT2D eigenvalue weighted by atomic mass is 32.2. The molecule has 1 aromatic rings. The number of carboxylic acid groups (broad SMARTS) is 1. The Balaban J connectivity index is 3.02. The van der Waals surface area contributed by atoms with Gasteiger partial charge in [0.15, 0.2) is 0 Å². The first-order chi connectivity index (χ1) is 7.68. The van der Waals surface area contributed by atoms with Gasteiger partial charge in [-0.1, -0.05) is 0 Å². The zero-order chi connectivity index (χ0) is 13.3. The fraction of sp³-hybridized carbons (Fsp3) is 0.444. The monoisotopic (exact) mass is 279 g/mol. The summed E-state index contributed by atoms with van der Waals surface area (Å²) in [4.78, 5) is 10.6. The molecular weight excluding hydrogens is 266 g/mol. The average Bonchev–Trinajstić information content (AvgIpc) is 2.65. The zero-order valence-corrected chi connectivity index (χ0v) is 10.9. The van der Waals surface area contributed by atoms with E-state index in [0.29, 0.717) is 11.3 Å². The fourth-order valence-electron chi connectivity index (χ4n) is 1.03. The lowest BCUT2D eigenvalue weighted by Gasteiger charge is -2.22. The molecule has 3 N–H and O–H groups in total. The maximum absolute atomic E-state index is 11.8. The van der Waals surface area contributed by atoms with Crippen LogP contribution in [0.5, 0.6) is 0 Å². The molecule has 0 unspecified atom stereocenters. The van der Waals surface area contributed by atoms with E-state index in [1.165, 1.54) is 26.0 Å². The molecule has 0 spiro atoms. The number of thiophene rings is 1. The number of hydrogen-bond donors (Lipinski definition) is 3. The summed E-state index contributed by atoms with van der Waals surface area (Å²) in [5.74, 6) is -1.17. The van der Waals surface area contributed by atoms with Gasteiger partial charge in [0.05, 0.1) is 12.1 Å². The molecule has 1 aromatic heterocycles. The summed E-state index contributed by atoms with van der Waals surface area (Å²) >= 11 is 0.667. The molecule has 17 heavy (non-hydrogen) atoms. The molecular formula is C9H13NO5S2. The van der Waals surface area contributed by atoms with Crippen molar-refractivity contribution in [1.29, 1.82) is 0 Å². The Bertz CT molecular complexity index is 517. The van der Waals surface area contributed by atoms with E-state index < -0.39 is 21.5 Å². The molecule has 6 nitrogen and oxygen atoms in total. The maximum Gasteiger partial charge on any atom is 0.345 e. The van der Waals surface area contributed by atoms with Crippen molar-refractivity contribution < 1.29 is 23.4 Å². The minimum Gasteiger partial charge on any atom is -0.477 e. The first-order valence-electron chi connectivity index (χ1n) is 4.66. The lowest BCUT2D eigenvalue weighted by molar-refractivity contribution is 0.0702. The van der Waals surface area contributed by atoms with E-state index in [1.54, 1.807) is 0 Å². The lowest BCUT2D eigenvalue weighted by Crippen LogP contribution is -2.45. The van der Waals surface area contributed by atoms with Crippen LogP contribution in [0, 0.1) is 0 Å². The van der Waals surface area contributed by atoms with E-state index in [-0.39, 0.29) is 15.7 Å². The number of carboxylic acids is 1. The molecule has 0 atom stereocenters. The number of aliphatic hydroxyl groups excluding tert-OH is 1. The van der Waals surface area contributed by atoms with Crippen LogP contribution >= 0.6 is 11.3 Å². The number of sulfonamides is 1. The maximum atomic E-state index is 11.8. The van der Waals surface area contributed by atoms with Gasteiger partial charge in [0, 0.05) is 0 Å². The van der Waals surface area contributed by atoms with Crippen molar-refractivity contribution in [3.8, 4) is 0 Å². The summed E-state index contributed by atoms with van der Waals surface area (Å²) in [6, 6.07) is 2.46. The van der Waals surface area contributed by atoms with Crippen LogP contribution in [0.4, 0.5) is 0 Å². The van der Waals surface area contributed by atoms with Crippen LogP contribution in [0.1, 0.15) is 23.5 Å². The molecule has 96 valence electrons. The largest absolute Gasteiger partial charge is 0.477 e. The second kappa shape index (κ2) is 4.73. The van der Waals surface area contributed by atoms with E-state index >= 15 is 0 Å². The lowest BCUT2D eigenvalue weighted by atomic mass is 10.1. The molecule has 0 saturated heterocycles. The van der Waals surface area contributed by atoms with E-state index in [0.717, 1.165) is 0 Å². The van der Waals surface area contributed by atoms with Gasteiger partial charge in [-0.25, -0.2) is 17.9 Å². The summed E-state index contributed by atoms with van der Waals surface area (Å²) in [6.45, 7) is 2.69. The fourth-order valence-corrected chi connectivity index (χ4v) is 3.58. The van der Waals surface area contributed by atoms with Crippen LogP contribution in [-0.4, -0.2) is 36.7 Å². The zero-order valence-electron chi connectivity index (χ0n) is 9.30. The van der Waals surface area contributed by atoms with E-state index in [4.69, 9.17) is 10.2 Å². The van der Waals surface area contributed by atoms with Crippen LogP contribution in [0.15, 0.2) is 16.3 Å². The highest BCUT2D eigenvalue weighted by Gasteiger charge is 2.27. The Morgan fingerprint density at radius 2 is 2.06 bits per heavy atom. The third kappa shape index (κ3) is 3.50. The third-order valence-corrected chi connectivity index (χ3v) is 5.13. The van der Waals surface area contributed by atoms with Crippen LogP contribution in [0.3, 0.4) is 0 Å². The Hall–Kier alpha value is -0.960. The van der Waals surface area contributed by atoms with Crippen LogP contribution in [0.25, 0.3) is 0 Å². The standard InChI is InChI=1S/C9H13NO5S2/c1-9(2,5-11)10-17(14,15)7-4-3-6(16-7)8(12)13/h3-4,10-11H,5H2,1-2H3,(H,12,13). The molecule has 8 heteroatoms. The molecule has 0 saturated carbocycles. The summed E-state index contributed by atoms with van der Waals surface area (Å²) < 4.78 is 25.9. The summed E-state index contributed by atoms with van der Waals surface area (Å²) in [7, 11) is -3.80. The normalized spacial score (nSPS) is 12.6.